The van der Waals surface area contributed by atoms with Crippen LogP contribution in [0.25, 0.3) is 0 Å². The SMILES string of the molecule is CCC(C)NC(=O)c1ccnc(NCCc2ccc(Cl)cc2)c1. The number of rotatable bonds is 7. The lowest BCUT2D eigenvalue weighted by molar-refractivity contribution is 0.0939. The van der Waals surface area contributed by atoms with Crippen molar-refractivity contribution in [2.24, 2.45) is 0 Å². The summed E-state index contributed by atoms with van der Waals surface area (Å²) in [5.74, 6) is 0.637. The molecular formula is C18H22ClN3O. The van der Waals surface area contributed by atoms with Crippen molar-refractivity contribution >= 4 is 23.3 Å². The van der Waals surface area contributed by atoms with E-state index in [4.69, 9.17) is 11.6 Å². The van der Waals surface area contributed by atoms with Crippen molar-refractivity contribution in [2.75, 3.05) is 11.9 Å². The maximum atomic E-state index is 12.1. The Morgan fingerprint density at radius 1 is 1.26 bits per heavy atom. The van der Waals surface area contributed by atoms with Gasteiger partial charge in [-0.25, -0.2) is 4.98 Å². The molecule has 2 aromatic rings. The van der Waals surface area contributed by atoms with Crippen molar-refractivity contribution in [1.29, 1.82) is 0 Å². The Labute approximate surface area is 142 Å². The van der Waals surface area contributed by atoms with Gasteiger partial charge in [0.1, 0.15) is 5.82 Å². The Balaban J connectivity index is 1.89. The molecule has 122 valence electrons. The number of aromatic nitrogens is 1. The van der Waals surface area contributed by atoms with E-state index in [0.717, 1.165) is 24.4 Å². The van der Waals surface area contributed by atoms with Gasteiger partial charge in [-0.1, -0.05) is 30.7 Å². The first-order valence-corrected chi connectivity index (χ1v) is 8.21. The van der Waals surface area contributed by atoms with E-state index in [0.29, 0.717) is 11.4 Å². The van der Waals surface area contributed by atoms with Crippen molar-refractivity contribution < 1.29 is 4.79 Å². The van der Waals surface area contributed by atoms with Crippen molar-refractivity contribution in [3.05, 3.63) is 58.7 Å². The van der Waals surface area contributed by atoms with Crippen LogP contribution in [-0.2, 0) is 6.42 Å². The minimum absolute atomic E-state index is 0.0671. The van der Waals surface area contributed by atoms with Crippen LogP contribution in [0.2, 0.25) is 5.02 Å². The smallest absolute Gasteiger partial charge is 0.251 e. The quantitative estimate of drug-likeness (QED) is 0.808. The maximum absolute atomic E-state index is 12.1. The molecule has 1 aromatic heterocycles. The van der Waals surface area contributed by atoms with E-state index in [1.807, 2.05) is 38.1 Å². The van der Waals surface area contributed by atoms with Crippen molar-refractivity contribution in [2.45, 2.75) is 32.7 Å². The van der Waals surface area contributed by atoms with Crippen molar-refractivity contribution in [3.63, 3.8) is 0 Å². The lowest BCUT2D eigenvalue weighted by Gasteiger charge is -2.12. The maximum Gasteiger partial charge on any atom is 0.251 e. The molecule has 0 saturated carbocycles. The van der Waals surface area contributed by atoms with Gasteiger partial charge in [0, 0.05) is 29.4 Å². The Hall–Kier alpha value is -2.07. The fourth-order valence-electron chi connectivity index (χ4n) is 2.06. The minimum Gasteiger partial charge on any atom is -0.370 e. The van der Waals surface area contributed by atoms with Gasteiger partial charge in [-0.05, 0) is 49.6 Å². The summed E-state index contributed by atoms with van der Waals surface area (Å²) < 4.78 is 0. The van der Waals surface area contributed by atoms with Gasteiger partial charge in [-0.3, -0.25) is 4.79 Å². The molecule has 1 amide bonds. The van der Waals surface area contributed by atoms with Crippen LogP contribution in [0.15, 0.2) is 42.6 Å². The van der Waals surface area contributed by atoms with E-state index in [-0.39, 0.29) is 11.9 Å². The number of carbonyl (C=O) groups excluding carboxylic acids is 1. The number of amides is 1. The van der Waals surface area contributed by atoms with Gasteiger partial charge in [0.15, 0.2) is 0 Å². The highest BCUT2D eigenvalue weighted by molar-refractivity contribution is 6.30. The summed E-state index contributed by atoms with van der Waals surface area (Å²) in [4.78, 5) is 16.4. The van der Waals surface area contributed by atoms with Crippen LogP contribution < -0.4 is 10.6 Å². The molecule has 0 aliphatic heterocycles. The average molecular weight is 332 g/mol. The second-order valence-corrected chi connectivity index (χ2v) is 5.95. The number of pyridine rings is 1. The van der Waals surface area contributed by atoms with E-state index in [9.17, 15) is 4.79 Å². The second kappa shape index (κ2) is 8.53. The minimum atomic E-state index is -0.0671. The number of hydrogen-bond donors (Lipinski definition) is 2. The number of halogens is 1. The topological polar surface area (TPSA) is 54.0 Å². The lowest BCUT2D eigenvalue weighted by atomic mass is 10.1. The van der Waals surface area contributed by atoms with Crippen LogP contribution in [0.1, 0.15) is 36.2 Å². The zero-order chi connectivity index (χ0) is 16.7. The van der Waals surface area contributed by atoms with E-state index >= 15 is 0 Å². The van der Waals surface area contributed by atoms with Crippen LogP contribution in [0.3, 0.4) is 0 Å². The van der Waals surface area contributed by atoms with Crippen molar-refractivity contribution in [1.82, 2.24) is 10.3 Å². The molecule has 1 heterocycles. The van der Waals surface area contributed by atoms with Crippen LogP contribution >= 0.6 is 11.6 Å². The second-order valence-electron chi connectivity index (χ2n) is 5.52. The number of hydrogen-bond acceptors (Lipinski definition) is 3. The molecule has 0 bridgehead atoms. The summed E-state index contributed by atoms with van der Waals surface area (Å²) in [5.41, 5.74) is 1.82. The van der Waals surface area contributed by atoms with E-state index in [1.54, 1.807) is 18.3 Å². The van der Waals surface area contributed by atoms with Gasteiger partial charge >= 0.3 is 0 Å². The zero-order valence-corrected chi connectivity index (χ0v) is 14.2. The van der Waals surface area contributed by atoms with Crippen LogP contribution in [0.5, 0.6) is 0 Å². The highest BCUT2D eigenvalue weighted by Crippen LogP contribution is 2.11. The molecule has 5 heteroatoms. The predicted molar refractivity (Wildman–Crippen MR) is 95.1 cm³/mol. The molecule has 2 N–H and O–H groups in total. The van der Waals surface area contributed by atoms with E-state index < -0.39 is 0 Å². The summed E-state index contributed by atoms with van der Waals surface area (Å²) >= 11 is 5.87. The molecule has 23 heavy (non-hydrogen) atoms. The lowest BCUT2D eigenvalue weighted by Crippen LogP contribution is -2.31. The molecule has 2 rings (SSSR count). The number of benzene rings is 1. The fourth-order valence-corrected chi connectivity index (χ4v) is 2.19. The summed E-state index contributed by atoms with van der Waals surface area (Å²) in [7, 11) is 0. The normalized spacial score (nSPS) is 11.8. The molecule has 0 saturated heterocycles. The van der Waals surface area contributed by atoms with Gasteiger partial charge in [0.05, 0.1) is 0 Å². The predicted octanol–water partition coefficient (Wildman–Crippen LogP) is 3.92. The Morgan fingerprint density at radius 2 is 2.00 bits per heavy atom. The Morgan fingerprint density at radius 3 is 2.70 bits per heavy atom. The van der Waals surface area contributed by atoms with Gasteiger partial charge in [-0.15, -0.1) is 0 Å². The Kier molecular flexibility index (Phi) is 6.41. The van der Waals surface area contributed by atoms with E-state index in [2.05, 4.69) is 15.6 Å². The largest absolute Gasteiger partial charge is 0.370 e. The molecule has 0 radical (unpaired) electrons. The monoisotopic (exact) mass is 331 g/mol. The molecule has 4 nitrogen and oxygen atoms in total. The third kappa shape index (κ3) is 5.57. The third-order valence-electron chi connectivity index (χ3n) is 3.65. The first kappa shape index (κ1) is 17.3. The number of carbonyl (C=O) groups is 1. The van der Waals surface area contributed by atoms with Crippen LogP contribution in [0.4, 0.5) is 5.82 Å². The molecular weight excluding hydrogens is 310 g/mol. The Bertz CT molecular complexity index is 643. The highest BCUT2D eigenvalue weighted by atomic mass is 35.5. The summed E-state index contributed by atoms with van der Waals surface area (Å²) in [6, 6.07) is 11.4. The van der Waals surface area contributed by atoms with Crippen molar-refractivity contribution in [3.8, 4) is 0 Å². The summed E-state index contributed by atoms with van der Waals surface area (Å²) in [5, 5.41) is 6.94. The molecule has 0 spiro atoms. The molecule has 1 atom stereocenters. The summed E-state index contributed by atoms with van der Waals surface area (Å²) in [6.07, 6.45) is 3.42. The fraction of sp³-hybridized carbons (Fsp3) is 0.333. The van der Waals surface area contributed by atoms with Gasteiger partial charge < -0.3 is 10.6 Å². The zero-order valence-electron chi connectivity index (χ0n) is 13.5. The molecule has 0 aliphatic rings. The first-order chi connectivity index (χ1) is 11.1. The van der Waals surface area contributed by atoms with Gasteiger partial charge in [-0.2, -0.15) is 0 Å². The van der Waals surface area contributed by atoms with Gasteiger partial charge in [0.2, 0.25) is 0 Å². The first-order valence-electron chi connectivity index (χ1n) is 7.83. The highest BCUT2D eigenvalue weighted by Gasteiger charge is 2.09. The van der Waals surface area contributed by atoms with Crippen LogP contribution in [-0.4, -0.2) is 23.5 Å². The number of anilines is 1. The van der Waals surface area contributed by atoms with Gasteiger partial charge in [0.25, 0.3) is 5.91 Å². The molecule has 0 aliphatic carbocycles. The average Bonchev–Trinajstić information content (AvgIpc) is 2.57. The standard InChI is InChI=1S/C18H22ClN3O/c1-3-13(2)22-18(23)15-9-11-21-17(12-15)20-10-8-14-4-6-16(19)7-5-14/h4-7,9,11-13H,3,8,10H2,1-2H3,(H,20,21)(H,22,23). The van der Waals surface area contributed by atoms with E-state index in [1.165, 1.54) is 5.56 Å². The molecule has 1 aromatic carbocycles. The number of nitrogens with one attached hydrogen (secondary N) is 2. The molecule has 1 unspecified atom stereocenters. The summed E-state index contributed by atoms with van der Waals surface area (Å²) in [6.45, 7) is 4.77. The third-order valence-corrected chi connectivity index (χ3v) is 3.90. The molecule has 0 fully saturated rings. The van der Waals surface area contributed by atoms with Crippen LogP contribution in [0, 0.1) is 0 Å². The number of nitrogens with zero attached hydrogens (tertiary/aromatic N) is 1.